The molecule has 0 radical (unpaired) electrons. The number of carbonyl (C=O) groups is 1. The summed E-state index contributed by atoms with van der Waals surface area (Å²) >= 11 is 0. The van der Waals surface area contributed by atoms with Gasteiger partial charge in [0.15, 0.2) is 0 Å². The predicted octanol–water partition coefficient (Wildman–Crippen LogP) is -0.0850. The number of aromatic nitrogens is 2. The number of halogens is 1. The highest BCUT2D eigenvalue weighted by atomic mass is 19.1. The quantitative estimate of drug-likeness (QED) is 0.712. The van der Waals surface area contributed by atoms with Crippen molar-refractivity contribution >= 4 is 11.6 Å². The Hall–Kier alpha value is -1.43. The summed E-state index contributed by atoms with van der Waals surface area (Å²) in [5.41, 5.74) is 6.26. The van der Waals surface area contributed by atoms with Crippen LogP contribution in [0, 0.1) is 0 Å². The standard InChI is InChI=1S/C9H13FN4O/c1-6-8(11)9(15)14(6)7-4-12-13(5-7)3-2-10/h4-6,8H,2-3,11H2,1H3. The fourth-order valence-electron chi connectivity index (χ4n) is 1.69. The highest BCUT2D eigenvalue weighted by molar-refractivity contribution is 6.04. The van der Waals surface area contributed by atoms with E-state index in [0.717, 1.165) is 0 Å². The minimum absolute atomic E-state index is 0.0134. The van der Waals surface area contributed by atoms with Gasteiger partial charge in [0.25, 0.3) is 0 Å². The molecule has 2 unspecified atom stereocenters. The summed E-state index contributed by atoms with van der Waals surface area (Å²) < 4.78 is 13.5. The zero-order valence-electron chi connectivity index (χ0n) is 8.43. The number of amides is 1. The van der Waals surface area contributed by atoms with Crippen molar-refractivity contribution in [2.75, 3.05) is 11.6 Å². The third-order valence-electron chi connectivity index (χ3n) is 2.66. The van der Waals surface area contributed by atoms with Gasteiger partial charge in [0.2, 0.25) is 5.91 Å². The van der Waals surface area contributed by atoms with E-state index < -0.39 is 12.7 Å². The van der Waals surface area contributed by atoms with Crippen molar-refractivity contribution in [3.8, 4) is 0 Å². The molecular formula is C9H13FN4O. The number of anilines is 1. The van der Waals surface area contributed by atoms with Crippen LogP contribution < -0.4 is 10.6 Å². The van der Waals surface area contributed by atoms with Crippen molar-refractivity contribution in [3.63, 3.8) is 0 Å². The van der Waals surface area contributed by atoms with Crippen LogP contribution in [-0.4, -0.2) is 34.4 Å². The van der Waals surface area contributed by atoms with Gasteiger partial charge in [-0.2, -0.15) is 5.10 Å². The van der Waals surface area contributed by atoms with Crippen molar-refractivity contribution in [2.24, 2.45) is 5.73 Å². The molecule has 2 N–H and O–H groups in total. The summed E-state index contributed by atoms with van der Waals surface area (Å²) in [7, 11) is 0. The normalized spacial score (nSPS) is 25.5. The lowest BCUT2D eigenvalue weighted by molar-refractivity contribution is -0.125. The van der Waals surface area contributed by atoms with Crippen LogP contribution in [0.15, 0.2) is 12.4 Å². The number of hydrogen-bond acceptors (Lipinski definition) is 3. The molecule has 1 saturated heterocycles. The van der Waals surface area contributed by atoms with Crippen molar-refractivity contribution in [1.29, 1.82) is 0 Å². The van der Waals surface area contributed by atoms with Gasteiger partial charge in [-0.05, 0) is 6.92 Å². The highest BCUT2D eigenvalue weighted by Gasteiger charge is 2.43. The Labute approximate surface area is 86.6 Å². The van der Waals surface area contributed by atoms with Crippen LogP contribution >= 0.6 is 0 Å². The third kappa shape index (κ3) is 1.50. The first-order valence-electron chi connectivity index (χ1n) is 4.82. The summed E-state index contributed by atoms with van der Waals surface area (Å²) in [4.78, 5) is 13.0. The average Bonchev–Trinajstić information content (AvgIpc) is 2.66. The number of β-lactam (4-membered cyclic amide) rings is 1. The second-order valence-electron chi connectivity index (χ2n) is 3.63. The zero-order chi connectivity index (χ0) is 11.0. The molecule has 1 amide bonds. The molecule has 5 nitrogen and oxygen atoms in total. The first kappa shape index (κ1) is 10.1. The SMILES string of the molecule is CC1C(N)C(=O)N1c1cnn(CCF)c1. The highest BCUT2D eigenvalue weighted by Crippen LogP contribution is 2.26. The molecule has 1 aliphatic rings. The summed E-state index contributed by atoms with van der Waals surface area (Å²) in [6, 6.07) is -0.435. The molecule has 6 heteroatoms. The van der Waals surface area contributed by atoms with Crippen LogP contribution in [0.2, 0.25) is 0 Å². The van der Waals surface area contributed by atoms with E-state index in [-0.39, 0.29) is 18.5 Å². The number of nitrogens with zero attached hydrogens (tertiary/aromatic N) is 3. The Morgan fingerprint density at radius 3 is 3.00 bits per heavy atom. The van der Waals surface area contributed by atoms with Crippen molar-refractivity contribution in [3.05, 3.63) is 12.4 Å². The molecule has 0 aliphatic carbocycles. The van der Waals surface area contributed by atoms with Gasteiger partial charge >= 0.3 is 0 Å². The first-order valence-corrected chi connectivity index (χ1v) is 4.82. The van der Waals surface area contributed by atoms with Crippen LogP contribution in [0.3, 0.4) is 0 Å². The maximum absolute atomic E-state index is 12.0. The molecule has 2 atom stereocenters. The molecule has 1 aromatic heterocycles. The molecule has 0 aromatic carbocycles. The van der Waals surface area contributed by atoms with Crippen LogP contribution in [0.4, 0.5) is 10.1 Å². The topological polar surface area (TPSA) is 64.2 Å². The Morgan fingerprint density at radius 1 is 1.67 bits per heavy atom. The van der Waals surface area contributed by atoms with Gasteiger partial charge in [0.1, 0.15) is 12.7 Å². The molecule has 0 saturated carbocycles. The van der Waals surface area contributed by atoms with Crippen molar-refractivity contribution in [1.82, 2.24) is 9.78 Å². The van der Waals surface area contributed by atoms with Crippen LogP contribution in [0.1, 0.15) is 6.92 Å². The first-order chi connectivity index (χ1) is 7.15. The minimum atomic E-state index is -0.468. The van der Waals surface area contributed by atoms with Crippen molar-refractivity contribution in [2.45, 2.75) is 25.6 Å². The maximum Gasteiger partial charge on any atom is 0.246 e. The summed E-state index contributed by atoms with van der Waals surface area (Å²) in [5.74, 6) is -0.109. The van der Waals surface area contributed by atoms with Crippen LogP contribution in [-0.2, 0) is 11.3 Å². The fraction of sp³-hybridized carbons (Fsp3) is 0.556. The number of hydrogen-bond donors (Lipinski definition) is 1. The molecule has 15 heavy (non-hydrogen) atoms. The van der Waals surface area contributed by atoms with E-state index in [0.29, 0.717) is 5.69 Å². The van der Waals surface area contributed by atoms with Gasteiger partial charge in [-0.3, -0.25) is 9.48 Å². The van der Waals surface area contributed by atoms with E-state index in [1.54, 1.807) is 17.3 Å². The Kier molecular flexibility index (Phi) is 2.44. The lowest BCUT2D eigenvalue weighted by atomic mass is 9.97. The predicted molar refractivity (Wildman–Crippen MR) is 53.1 cm³/mol. The van der Waals surface area contributed by atoms with Gasteiger partial charge in [0.05, 0.1) is 24.5 Å². The average molecular weight is 212 g/mol. The van der Waals surface area contributed by atoms with Crippen LogP contribution in [0.25, 0.3) is 0 Å². The second-order valence-corrected chi connectivity index (χ2v) is 3.63. The van der Waals surface area contributed by atoms with E-state index in [1.807, 2.05) is 6.92 Å². The number of nitrogens with two attached hydrogens (primary N) is 1. The summed E-state index contributed by atoms with van der Waals surface area (Å²) in [6.07, 6.45) is 3.20. The molecular weight excluding hydrogens is 199 g/mol. The molecule has 1 aromatic rings. The smallest absolute Gasteiger partial charge is 0.246 e. The van der Waals surface area contributed by atoms with E-state index in [1.165, 1.54) is 4.68 Å². The summed E-state index contributed by atoms with van der Waals surface area (Å²) in [6.45, 7) is 1.62. The van der Waals surface area contributed by atoms with Gasteiger partial charge in [-0.25, -0.2) is 4.39 Å². The molecule has 0 bridgehead atoms. The Bertz CT molecular complexity index is 378. The van der Waals surface area contributed by atoms with Crippen molar-refractivity contribution < 1.29 is 9.18 Å². The number of alkyl halides is 1. The number of aryl methyl sites for hydroxylation is 1. The largest absolute Gasteiger partial charge is 0.318 e. The van der Waals surface area contributed by atoms with Gasteiger partial charge in [-0.1, -0.05) is 0 Å². The van der Waals surface area contributed by atoms with E-state index in [9.17, 15) is 9.18 Å². The fourth-order valence-corrected chi connectivity index (χ4v) is 1.69. The second kappa shape index (κ2) is 3.62. The zero-order valence-corrected chi connectivity index (χ0v) is 8.43. The maximum atomic E-state index is 12.0. The third-order valence-corrected chi connectivity index (χ3v) is 2.66. The molecule has 2 rings (SSSR count). The Morgan fingerprint density at radius 2 is 2.40 bits per heavy atom. The summed E-state index contributed by atoms with van der Waals surface area (Å²) in [5, 5.41) is 3.94. The molecule has 0 spiro atoms. The van der Waals surface area contributed by atoms with Gasteiger partial charge in [0, 0.05) is 6.20 Å². The van der Waals surface area contributed by atoms with E-state index in [2.05, 4.69) is 5.10 Å². The molecule has 1 aliphatic heterocycles. The van der Waals surface area contributed by atoms with E-state index in [4.69, 9.17) is 5.73 Å². The van der Waals surface area contributed by atoms with Gasteiger partial charge < -0.3 is 10.6 Å². The lowest BCUT2D eigenvalue weighted by Gasteiger charge is -2.42. The minimum Gasteiger partial charge on any atom is -0.318 e. The number of rotatable bonds is 3. The van der Waals surface area contributed by atoms with E-state index >= 15 is 0 Å². The molecule has 1 fully saturated rings. The Balaban J connectivity index is 2.13. The molecule has 2 heterocycles. The van der Waals surface area contributed by atoms with Crippen LogP contribution in [0.5, 0.6) is 0 Å². The number of carbonyl (C=O) groups excluding carboxylic acids is 1. The molecule has 82 valence electrons. The monoisotopic (exact) mass is 212 g/mol. The van der Waals surface area contributed by atoms with Gasteiger partial charge in [-0.15, -0.1) is 0 Å². The lowest BCUT2D eigenvalue weighted by Crippen LogP contribution is -2.67.